The number of nitrogens with zero attached hydrogens (tertiary/aromatic N) is 5. The SMILES string of the molecule is O=C1[C@@H]2[C@H](C(=O)N1c1cc(Cl)cc(Cl)c1)[C@H](C(=O)n1nnc3ccccc31)N1c3ccccc3C=C[C@@H]21. The Kier molecular flexibility index (Phi) is 4.80. The molecule has 7 rings (SSSR count). The number of rotatable bonds is 2. The number of amides is 2. The Hall–Kier alpha value is -4.01. The van der Waals surface area contributed by atoms with Gasteiger partial charge in [-0.1, -0.05) is 70.9 Å². The Labute approximate surface area is 220 Å². The molecule has 2 fully saturated rings. The van der Waals surface area contributed by atoms with Gasteiger partial charge in [0, 0.05) is 15.7 Å². The molecule has 2 amide bonds. The lowest BCUT2D eigenvalue weighted by Gasteiger charge is -2.36. The standard InChI is InChI=1S/C27H17Cl2N5O3/c28-15-11-16(29)13-17(12-15)32-25(35)22-21-10-9-14-5-1-3-7-19(14)33(21)24(23(22)26(32)36)27(37)34-20-8-4-2-6-18(20)30-31-34/h1-13,21-24H/t21-,22-,23-,24+/m0/s1. The van der Waals surface area contributed by atoms with Crippen molar-refractivity contribution in [2.24, 2.45) is 11.8 Å². The van der Waals surface area contributed by atoms with Crippen LogP contribution in [0.2, 0.25) is 10.0 Å². The Balaban J connectivity index is 1.40. The fourth-order valence-corrected chi connectivity index (χ4v) is 6.39. The van der Waals surface area contributed by atoms with E-state index in [9.17, 15) is 14.4 Å². The summed E-state index contributed by atoms with van der Waals surface area (Å²) in [5, 5.41) is 8.85. The molecule has 182 valence electrons. The summed E-state index contributed by atoms with van der Waals surface area (Å²) < 4.78 is 1.23. The topological polar surface area (TPSA) is 88.4 Å². The van der Waals surface area contributed by atoms with Crippen LogP contribution in [0, 0.1) is 11.8 Å². The minimum absolute atomic E-state index is 0.283. The summed E-state index contributed by atoms with van der Waals surface area (Å²) in [5.41, 5.74) is 3.06. The van der Waals surface area contributed by atoms with Crippen molar-refractivity contribution >= 4 is 69.4 Å². The summed E-state index contributed by atoms with van der Waals surface area (Å²) in [6, 6.07) is 17.8. The van der Waals surface area contributed by atoms with E-state index in [2.05, 4.69) is 10.3 Å². The molecular weight excluding hydrogens is 513 g/mol. The van der Waals surface area contributed by atoms with Gasteiger partial charge >= 0.3 is 0 Å². The Morgan fingerprint density at radius 1 is 0.865 bits per heavy atom. The zero-order valence-corrected chi connectivity index (χ0v) is 20.5. The van der Waals surface area contributed by atoms with Gasteiger partial charge in [-0.3, -0.25) is 14.4 Å². The number of carbonyl (C=O) groups is 3. The van der Waals surface area contributed by atoms with Crippen LogP contribution in [0.15, 0.2) is 72.8 Å². The van der Waals surface area contributed by atoms with E-state index in [1.165, 1.54) is 22.9 Å². The van der Waals surface area contributed by atoms with Crippen LogP contribution in [0.1, 0.15) is 10.4 Å². The first kappa shape index (κ1) is 22.2. The molecule has 37 heavy (non-hydrogen) atoms. The van der Waals surface area contributed by atoms with Gasteiger partial charge in [-0.25, -0.2) is 4.90 Å². The molecule has 4 heterocycles. The Morgan fingerprint density at radius 3 is 2.38 bits per heavy atom. The maximum Gasteiger partial charge on any atom is 0.272 e. The lowest BCUT2D eigenvalue weighted by Crippen LogP contribution is -2.50. The van der Waals surface area contributed by atoms with Gasteiger partial charge in [0.25, 0.3) is 5.91 Å². The third-order valence-corrected chi connectivity index (χ3v) is 7.77. The van der Waals surface area contributed by atoms with Gasteiger partial charge in [-0.05, 0) is 42.0 Å². The first-order valence-electron chi connectivity index (χ1n) is 11.7. The van der Waals surface area contributed by atoms with Crippen molar-refractivity contribution in [3.05, 3.63) is 88.4 Å². The van der Waals surface area contributed by atoms with E-state index in [0.717, 1.165) is 16.2 Å². The maximum atomic E-state index is 14.2. The van der Waals surface area contributed by atoms with Crippen molar-refractivity contribution in [2.75, 3.05) is 9.80 Å². The summed E-state index contributed by atoms with van der Waals surface area (Å²) in [5.74, 6) is -3.02. The number of hydrogen-bond acceptors (Lipinski definition) is 6. The third kappa shape index (κ3) is 3.12. The van der Waals surface area contributed by atoms with Crippen molar-refractivity contribution in [2.45, 2.75) is 12.1 Å². The van der Waals surface area contributed by atoms with Gasteiger partial charge in [0.2, 0.25) is 11.8 Å². The van der Waals surface area contributed by atoms with E-state index >= 15 is 0 Å². The van der Waals surface area contributed by atoms with E-state index in [4.69, 9.17) is 23.2 Å². The van der Waals surface area contributed by atoms with E-state index in [1.54, 1.807) is 18.2 Å². The lowest BCUT2D eigenvalue weighted by molar-refractivity contribution is -0.122. The molecule has 0 N–H and O–H groups in total. The lowest BCUT2D eigenvalue weighted by atomic mass is 9.88. The number of hydrogen-bond donors (Lipinski definition) is 0. The fourth-order valence-electron chi connectivity index (χ4n) is 5.88. The zero-order valence-electron chi connectivity index (χ0n) is 19.0. The summed E-state index contributed by atoms with van der Waals surface area (Å²) in [4.78, 5) is 45.1. The van der Waals surface area contributed by atoms with Crippen molar-refractivity contribution in [1.29, 1.82) is 0 Å². The molecule has 0 spiro atoms. The molecule has 3 aromatic carbocycles. The highest BCUT2D eigenvalue weighted by atomic mass is 35.5. The van der Waals surface area contributed by atoms with Crippen LogP contribution in [0.5, 0.6) is 0 Å². The van der Waals surface area contributed by atoms with Gasteiger partial charge in [0.15, 0.2) is 0 Å². The molecule has 1 aromatic heterocycles. The van der Waals surface area contributed by atoms with Crippen molar-refractivity contribution in [3.8, 4) is 0 Å². The van der Waals surface area contributed by atoms with Crippen LogP contribution in [-0.2, 0) is 9.59 Å². The Morgan fingerprint density at radius 2 is 1.57 bits per heavy atom. The second-order valence-electron chi connectivity index (χ2n) is 9.28. The largest absolute Gasteiger partial charge is 0.351 e. The second kappa shape index (κ2) is 7.99. The predicted molar refractivity (Wildman–Crippen MR) is 140 cm³/mol. The third-order valence-electron chi connectivity index (χ3n) is 7.33. The molecule has 4 aromatic rings. The van der Waals surface area contributed by atoms with Crippen molar-refractivity contribution < 1.29 is 14.4 Å². The van der Waals surface area contributed by atoms with Crippen LogP contribution < -0.4 is 9.80 Å². The van der Waals surface area contributed by atoms with Crippen LogP contribution in [0.4, 0.5) is 11.4 Å². The first-order chi connectivity index (χ1) is 17.9. The molecule has 0 aliphatic carbocycles. The predicted octanol–water partition coefficient (Wildman–Crippen LogP) is 4.47. The number of imide groups is 1. The number of benzene rings is 3. The average molecular weight is 530 g/mol. The van der Waals surface area contributed by atoms with Crippen molar-refractivity contribution in [1.82, 2.24) is 15.0 Å². The number of anilines is 2. The number of halogens is 2. The molecular formula is C27H17Cl2N5O3. The highest BCUT2D eigenvalue weighted by Crippen LogP contribution is 2.49. The van der Waals surface area contributed by atoms with Crippen LogP contribution >= 0.6 is 23.2 Å². The van der Waals surface area contributed by atoms with Gasteiger partial charge in [-0.15, -0.1) is 5.10 Å². The molecule has 8 nitrogen and oxygen atoms in total. The number of carbonyl (C=O) groups excluding carboxylic acids is 3. The molecule has 3 aliphatic rings. The maximum absolute atomic E-state index is 14.2. The molecule has 4 atom stereocenters. The zero-order chi connectivity index (χ0) is 25.4. The summed E-state index contributed by atoms with van der Waals surface area (Å²) >= 11 is 12.4. The van der Waals surface area contributed by atoms with Crippen LogP contribution in [0.3, 0.4) is 0 Å². The van der Waals surface area contributed by atoms with Gasteiger partial charge < -0.3 is 4.90 Å². The Bertz CT molecular complexity index is 1660. The minimum Gasteiger partial charge on any atom is -0.351 e. The highest BCUT2D eigenvalue weighted by Gasteiger charge is 2.64. The number of para-hydroxylation sites is 2. The van der Waals surface area contributed by atoms with E-state index < -0.39 is 41.6 Å². The number of fused-ring (bicyclic) bond motifs is 6. The molecule has 0 saturated carbocycles. The molecule has 0 unspecified atom stereocenters. The van der Waals surface area contributed by atoms with Gasteiger partial charge in [0.05, 0.1) is 29.1 Å². The molecule has 0 radical (unpaired) electrons. The normalized spacial score (nSPS) is 23.9. The molecule has 3 aliphatic heterocycles. The molecule has 2 saturated heterocycles. The second-order valence-corrected chi connectivity index (χ2v) is 10.2. The minimum atomic E-state index is -0.984. The highest BCUT2D eigenvalue weighted by molar-refractivity contribution is 6.36. The van der Waals surface area contributed by atoms with Gasteiger partial charge in [0.1, 0.15) is 11.6 Å². The summed E-state index contributed by atoms with van der Waals surface area (Å²) in [7, 11) is 0. The first-order valence-corrected chi connectivity index (χ1v) is 12.4. The fraction of sp³-hybridized carbons (Fsp3) is 0.148. The summed E-state index contributed by atoms with van der Waals surface area (Å²) in [6.07, 6.45) is 3.83. The van der Waals surface area contributed by atoms with Crippen LogP contribution in [0.25, 0.3) is 17.1 Å². The smallest absolute Gasteiger partial charge is 0.272 e. The van der Waals surface area contributed by atoms with Gasteiger partial charge in [-0.2, -0.15) is 4.68 Å². The van der Waals surface area contributed by atoms with Crippen LogP contribution in [-0.4, -0.2) is 44.8 Å². The molecule has 0 bridgehead atoms. The number of aromatic nitrogens is 3. The average Bonchev–Trinajstić information content (AvgIpc) is 3.54. The molecule has 10 heteroatoms. The summed E-state index contributed by atoms with van der Waals surface area (Å²) in [6.45, 7) is 0. The van der Waals surface area contributed by atoms with E-state index in [0.29, 0.717) is 21.1 Å². The van der Waals surface area contributed by atoms with E-state index in [1.807, 2.05) is 47.4 Å². The quantitative estimate of drug-likeness (QED) is 0.356. The van der Waals surface area contributed by atoms with E-state index in [-0.39, 0.29) is 5.69 Å². The van der Waals surface area contributed by atoms with Crippen molar-refractivity contribution in [3.63, 3.8) is 0 Å². The monoisotopic (exact) mass is 529 g/mol.